The first kappa shape index (κ1) is 12.6. The molecule has 108 valence electrons. The fraction of sp³-hybridized carbons (Fsp3) is 1.00. The van der Waals surface area contributed by atoms with E-state index in [1.165, 1.54) is 0 Å². The molecular weight excluding hydrogens is 244 g/mol. The molecule has 0 aliphatic heterocycles. The molecule has 0 heterocycles. The molecule has 0 amide bonds. The summed E-state index contributed by atoms with van der Waals surface area (Å²) < 4.78 is 0. The van der Waals surface area contributed by atoms with Crippen molar-refractivity contribution in [2.75, 3.05) is 13.2 Å². The lowest BCUT2D eigenvalue weighted by Crippen LogP contribution is -2.50. The highest BCUT2D eigenvalue weighted by Gasteiger charge is 2.93. The summed E-state index contributed by atoms with van der Waals surface area (Å²) in [5.74, 6) is 1.46. The molecule has 0 spiro atoms. The lowest BCUT2D eigenvalue weighted by Gasteiger charge is -2.48. The van der Waals surface area contributed by atoms with Crippen LogP contribution in [0.25, 0.3) is 0 Å². The van der Waals surface area contributed by atoms with Gasteiger partial charge in [0.05, 0.1) is 12.2 Å². The van der Waals surface area contributed by atoms with Crippen LogP contribution < -0.4 is 0 Å². The summed E-state index contributed by atoms with van der Waals surface area (Å²) in [6, 6.07) is 0. The Morgan fingerprint density at radius 2 is 1.84 bits per heavy atom. The molecule has 4 N–H and O–H groups in total. The van der Waals surface area contributed by atoms with E-state index in [1.54, 1.807) is 0 Å². The second-order valence-corrected chi connectivity index (χ2v) is 7.70. The molecule has 0 aromatic heterocycles. The second-order valence-electron chi connectivity index (χ2n) is 7.70. The Morgan fingerprint density at radius 3 is 2.42 bits per heavy atom. The first-order valence-electron chi connectivity index (χ1n) is 7.54. The van der Waals surface area contributed by atoms with E-state index in [2.05, 4.69) is 6.92 Å². The van der Waals surface area contributed by atoms with Crippen molar-refractivity contribution in [2.24, 2.45) is 46.3 Å². The average molecular weight is 268 g/mol. The van der Waals surface area contributed by atoms with Gasteiger partial charge in [0.25, 0.3) is 0 Å². The molecule has 4 nitrogen and oxygen atoms in total. The number of hydrogen-bond donors (Lipinski definition) is 4. The van der Waals surface area contributed by atoms with Crippen LogP contribution in [0.15, 0.2) is 0 Å². The molecular formula is C15H24O4. The lowest BCUT2D eigenvalue weighted by atomic mass is 9.59. The van der Waals surface area contributed by atoms with Crippen LogP contribution in [-0.4, -0.2) is 45.8 Å². The average Bonchev–Trinajstić information content (AvgIpc) is 2.85. The second kappa shape index (κ2) is 3.35. The van der Waals surface area contributed by atoms with E-state index in [4.69, 9.17) is 0 Å². The fourth-order valence-corrected chi connectivity index (χ4v) is 6.91. The number of rotatable bonds is 3. The zero-order valence-corrected chi connectivity index (χ0v) is 11.5. The Morgan fingerprint density at radius 1 is 1.16 bits per heavy atom. The molecule has 1 unspecified atom stereocenters. The van der Waals surface area contributed by atoms with E-state index in [1.807, 2.05) is 6.92 Å². The van der Waals surface area contributed by atoms with Gasteiger partial charge in [0.15, 0.2) is 0 Å². The zero-order valence-electron chi connectivity index (χ0n) is 11.5. The Labute approximate surface area is 113 Å². The molecule has 0 saturated heterocycles. The first-order chi connectivity index (χ1) is 8.96. The smallest absolute Gasteiger partial charge is 0.0615 e. The maximum atomic E-state index is 10.7. The Kier molecular flexibility index (Phi) is 2.22. The van der Waals surface area contributed by atoms with Crippen LogP contribution >= 0.6 is 0 Å². The van der Waals surface area contributed by atoms with Crippen molar-refractivity contribution < 1.29 is 20.4 Å². The third-order valence-electron chi connectivity index (χ3n) is 7.69. The van der Waals surface area contributed by atoms with Crippen LogP contribution in [0.2, 0.25) is 0 Å². The van der Waals surface area contributed by atoms with Gasteiger partial charge in [-0.3, -0.25) is 0 Å². The monoisotopic (exact) mass is 268 g/mol. The van der Waals surface area contributed by atoms with Gasteiger partial charge in [0.2, 0.25) is 0 Å². The Hall–Kier alpha value is -0.160. The third-order valence-corrected chi connectivity index (χ3v) is 7.69. The number of aliphatic hydroxyl groups is 4. The Bertz CT molecular complexity index is 424. The zero-order chi connectivity index (χ0) is 13.7. The van der Waals surface area contributed by atoms with Gasteiger partial charge in [0.1, 0.15) is 0 Å². The molecule has 10 atom stereocenters. The van der Waals surface area contributed by atoms with Crippen LogP contribution in [0.5, 0.6) is 0 Å². The summed E-state index contributed by atoms with van der Waals surface area (Å²) in [5, 5.41) is 40.6. The summed E-state index contributed by atoms with van der Waals surface area (Å²) in [5.41, 5.74) is -0.571. The van der Waals surface area contributed by atoms with E-state index in [-0.39, 0.29) is 53.8 Å². The molecule has 5 saturated carbocycles. The predicted molar refractivity (Wildman–Crippen MR) is 68.0 cm³/mol. The van der Waals surface area contributed by atoms with E-state index in [0.29, 0.717) is 18.3 Å². The van der Waals surface area contributed by atoms with E-state index in [9.17, 15) is 20.4 Å². The number of hydrogen-bond acceptors (Lipinski definition) is 4. The summed E-state index contributed by atoms with van der Waals surface area (Å²) in [7, 11) is 0. The van der Waals surface area contributed by atoms with Crippen molar-refractivity contribution in [2.45, 2.75) is 32.5 Å². The molecule has 5 rings (SSSR count). The van der Waals surface area contributed by atoms with Gasteiger partial charge in [-0.05, 0) is 41.9 Å². The summed E-state index contributed by atoms with van der Waals surface area (Å²) >= 11 is 0. The molecule has 0 aromatic rings. The standard InChI is InChI=1S/C15H24O4/c1-6(4-16)7-3-8(18)14(2)11-9(7)10-12(13(11)19)15(10,14)5-17/h6-13,16-19H,3-5H2,1-2H3/t6?,7-,8+,9+,10-,11+,12-,13+,14-,15-/m0/s1. The van der Waals surface area contributed by atoms with E-state index < -0.39 is 6.10 Å². The molecule has 0 radical (unpaired) electrons. The number of aliphatic hydroxyl groups excluding tert-OH is 4. The minimum atomic E-state index is -0.466. The van der Waals surface area contributed by atoms with Gasteiger partial charge < -0.3 is 20.4 Å². The van der Waals surface area contributed by atoms with Crippen LogP contribution in [0.1, 0.15) is 20.3 Å². The van der Waals surface area contributed by atoms with E-state index in [0.717, 1.165) is 0 Å². The molecule has 5 aliphatic rings. The molecule has 19 heavy (non-hydrogen) atoms. The SMILES string of the molecule is CC(CO)[C@@H]1C[C@@H](O)[C@@]2(C)[C@H]3[C@@H](O)[C@@H]4[C@H]([C@H]31)[C@@]42CO. The topological polar surface area (TPSA) is 80.9 Å². The maximum absolute atomic E-state index is 10.7. The van der Waals surface area contributed by atoms with Gasteiger partial charge in [0, 0.05) is 24.0 Å². The first-order valence-corrected chi connectivity index (χ1v) is 7.54. The van der Waals surface area contributed by atoms with Gasteiger partial charge in [-0.1, -0.05) is 13.8 Å². The minimum Gasteiger partial charge on any atom is -0.396 e. The van der Waals surface area contributed by atoms with Crippen LogP contribution in [0.4, 0.5) is 0 Å². The van der Waals surface area contributed by atoms with Crippen molar-refractivity contribution in [3.05, 3.63) is 0 Å². The molecule has 5 aliphatic carbocycles. The van der Waals surface area contributed by atoms with Crippen molar-refractivity contribution in [3.8, 4) is 0 Å². The van der Waals surface area contributed by atoms with Crippen molar-refractivity contribution in [3.63, 3.8) is 0 Å². The summed E-state index contributed by atoms with van der Waals surface area (Å²) in [6.45, 7) is 4.32. The lowest BCUT2D eigenvalue weighted by molar-refractivity contribution is -0.107. The van der Waals surface area contributed by atoms with E-state index >= 15 is 0 Å². The minimum absolute atomic E-state index is 0.0835. The molecule has 4 heteroatoms. The van der Waals surface area contributed by atoms with Gasteiger partial charge >= 0.3 is 0 Å². The molecule has 0 aromatic carbocycles. The van der Waals surface area contributed by atoms with Crippen LogP contribution in [0.3, 0.4) is 0 Å². The van der Waals surface area contributed by atoms with Gasteiger partial charge in [-0.15, -0.1) is 0 Å². The highest BCUT2D eigenvalue weighted by Crippen LogP contribution is 2.91. The van der Waals surface area contributed by atoms with Crippen molar-refractivity contribution in [1.29, 1.82) is 0 Å². The van der Waals surface area contributed by atoms with Crippen LogP contribution in [0, 0.1) is 46.3 Å². The van der Waals surface area contributed by atoms with Crippen molar-refractivity contribution in [1.82, 2.24) is 0 Å². The summed E-state index contributed by atoms with van der Waals surface area (Å²) in [4.78, 5) is 0. The largest absolute Gasteiger partial charge is 0.396 e. The predicted octanol–water partition coefficient (Wildman–Crippen LogP) is -0.153. The highest BCUT2D eigenvalue weighted by molar-refractivity contribution is 5.39. The van der Waals surface area contributed by atoms with Gasteiger partial charge in [-0.2, -0.15) is 0 Å². The highest BCUT2D eigenvalue weighted by atomic mass is 16.3. The normalized spacial score (nSPS) is 66.3. The summed E-state index contributed by atoms with van der Waals surface area (Å²) in [6.07, 6.45) is -0.126. The molecule has 6 bridgehead atoms. The quantitative estimate of drug-likeness (QED) is 0.574. The third kappa shape index (κ3) is 0.973. The maximum Gasteiger partial charge on any atom is 0.0615 e. The fourth-order valence-electron chi connectivity index (χ4n) is 6.91. The van der Waals surface area contributed by atoms with Crippen LogP contribution in [-0.2, 0) is 0 Å². The molecule has 5 fully saturated rings. The van der Waals surface area contributed by atoms with Gasteiger partial charge in [-0.25, -0.2) is 0 Å². The van der Waals surface area contributed by atoms with Crippen molar-refractivity contribution >= 4 is 0 Å². The Balaban J connectivity index is 1.81.